The quantitative estimate of drug-likeness (QED) is 0.751. The average Bonchev–Trinajstić information content (AvgIpc) is 2.60. The molecule has 2 aromatic rings. The molecule has 0 aliphatic heterocycles. The van der Waals surface area contributed by atoms with Crippen LogP contribution in [0, 0.1) is 0 Å². The first-order chi connectivity index (χ1) is 11.5. The normalized spacial score (nSPS) is 10.9. The molecule has 2 aromatic carbocycles. The second-order valence-corrected chi connectivity index (χ2v) is 4.82. The lowest BCUT2D eigenvalue weighted by Crippen LogP contribution is -2.23. The van der Waals surface area contributed by atoms with E-state index in [0.29, 0.717) is 5.56 Å². The zero-order valence-electron chi connectivity index (χ0n) is 13.3. The standard InChI is InChI=1S/C18H17F2NO3/c1-21(14-8-4-3-5-9-14)16(22)12-11-13-7-6-10-15(23-2)17(13)24-18(19)20/h3-12,18H,1-2H3/b12-11+. The van der Waals surface area contributed by atoms with Gasteiger partial charge in [-0.2, -0.15) is 8.78 Å². The molecule has 6 heteroatoms. The van der Waals surface area contributed by atoms with Crippen LogP contribution in [-0.2, 0) is 4.79 Å². The van der Waals surface area contributed by atoms with Crippen molar-refractivity contribution in [3.63, 3.8) is 0 Å². The molecule has 24 heavy (non-hydrogen) atoms. The largest absolute Gasteiger partial charge is 0.493 e. The molecular weight excluding hydrogens is 316 g/mol. The summed E-state index contributed by atoms with van der Waals surface area (Å²) in [6.07, 6.45) is 2.71. The summed E-state index contributed by atoms with van der Waals surface area (Å²) in [6.45, 7) is -2.99. The molecule has 4 nitrogen and oxygen atoms in total. The number of hydrogen-bond donors (Lipinski definition) is 0. The van der Waals surface area contributed by atoms with Crippen molar-refractivity contribution >= 4 is 17.7 Å². The molecule has 0 saturated heterocycles. The number of ether oxygens (including phenoxy) is 2. The third-order valence-electron chi connectivity index (χ3n) is 3.32. The van der Waals surface area contributed by atoms with Gasteiger partial charge in [0.1, 0.15) is 0 Å². The monoisotopic (exact) mass is 333 g/mol. The van der Waals surface area contributed by atoms with Gasteiger partial charge in [-0.3, -0.25) is 4.79 Å². The van der Waals surface area contributed by atoms with Crippen molar-refractivity contribution < 1.29 is 23.0 Å². The Hall–Kier alpha value is -2.89. The Morgan fingerprint density at radius 3 is 2.46 bits per heavy atom. The lowest BCUT2D eigenvalue weighted by Gasteiger charge is -2.15. The molecule has 0 unspecified atom stereocenters. The summed E-state index contributed by atoms with van der Waals surface area (Å²) >= 11 is 0. The second-order valence-electron chi connectivity index (χ2n) is 4.82. The van der Waals surface area contributed by atoms with Gasteiger partial charge in [-0.25, -0.2) is 0 Å². The molecule has 0 bridgehead atoms. The topological polar surface area (TPSA) is 38.8 Å². The number of halogens is 2. The summed E-state index contributed by atoms with van der Waals surface area (Å²) in [4.78, 5) is 13.7. The van der Waals surface area contributed by atoms with Gasteiger partial charge in [0, 0.05) is 24.4 Å². The molecule has 0 aromatic heterocycles. The maximum Gasteiger partial charge on any atom is 0.387 e. The number of carbonyl (C=O) groups is 1. The number of likely N-dealkylation sites (N-methyl/N-ethyl adjacent to an activating group) is 1. The van der Waals surface area contributed by atoms with Crippen LogP contribution in [0.15, 0.2) is 54.6 Å². The van der Waals surface area contributed by atoms with E-state index in [1.54, 1.807) is 31.3 Å². The highest BCUT2D eigenvalue weighted by molar-refractivity contribution is 6.03. The van der Waals surface area contributed by atoms with Crippen LogP contribution < -0.4 is 14.4 Å². The Kier molecular flexibility index (Phi) is 5.89. The highest BCUT2D eigenvalue weighted by atomic mass is 19.3. The molecule has 0 fully saturated rings. The van der Waals surface area contributed by atoms with Gasteiger partial charge in [-0.05, 0) is 24.3 Å². The molecule has 1 amide bonds. The maximum absolute atomic E-state index is 12.6. The summed E-state index contributed by atoms with van der Waals surface area (Å²) < 4.78 is 34.7. The van der Waals surface area contributed by atoms with Crippen molar-refractivity contribution in [3.05, 3.63) is 60.2 Å². The number of hydrogen-bond acceptors (Lipinski definition) is 3. The van der Waals surface area contributed by atoms with Crippen molar-refractivity contribution in [2.24, 2.45) is 0 Å². The van der Waals surface area contributed by atoms with E-state index < -0.39 is 6.61 Å². The molecule has 126 valence electrons. The minimum atomic E-state index is -2.99. The number of rotatable bonds is 6. The van der Waals surface area contributed by atoms with E-state index in [1.165, 1.54) is 30.2 Å². The number of amides is 1. The van der Waals surface area contributed by atoms with Crippen LogP contribution in [0.5, 0.6) is 11.5 Å². The first kappa shape index (κ1) is 17.5. The smallest absolute Gasteiger partial charge is 0.387 e. The third kappa shape index (κ3) is 4.32. The molecule has 2 rings (SSSR count). The van der Waals surface area contributed by atoms with Gasteiger partial charge in [0.05, 0.1) is 7.11 Å². The number of para-hydroxylation sites is 2. The Morgan fingerprint density at radius 2 is 1.83 bits per heavy atom. The van der Waals surface area contributed by atoms with Crippen LogP contribution in [0.4, 0.5) is 14.5 Å². The van der Waals surface area contributed by atoms with Gasteiger partial charge in [0.15, 0.2) is 11.5 Å². The first-order valence-electron chi connectivity index (χ1n) is 7.15. The lowest BCUT2D eigenvalue weighted by molar-refractivity contribution is -0.113. The van der Waals surface area contributed by atoms with E-state index in [1.807, 2.05) is 18.2 Å². The average molecular weight is 333 g/mol. The van der Waals surface area contributed by atoms with Crippen molar-refractivity contribution in [1.29, 1.82) is 0 Å². The van der Waals surface area contributed by atoms with E-state index >= 15 is 0 Å². The van der Waals surface area contributed by atoms with Crippen LogP contribution in [0.25, 0.3) is 6.08 Å². The van der Waals surface area contributed by atoms with Gasteiger partial charge >= 0.3 is 6.61 Å². The van der Waals surface area contributed by atoms with Crippen molar-refractivity contribution in [2.75, 3.05) is 19.1 Å². The molecule has 0 saturated carbocycles. The third-order valence-corrected chi connectivity index (χ3v) is 3.32. The van der Waals surface area contributed by atoms with Gasteiger partial charge in [0.2, 0.25) is 0 Å². The number of carbonyl (C=O) groups excluding carboxylic acids is 1. The second kappa shape index (κ2) is 8.10. The first-order valence-corrected chi connectivity index (χ1v) is 7.15. The van der Waals surface area contributed by atoms with Gasteiger partial charge < -0.3 is 14.4 Å². The van der Waals surface area contributed by atoms with E-state index in [9.17, 15) is 13.6 Å². The van der Waals surface area contributed by atoms with Crippen LogP contribution in [0.2, 0.25) is 0 Å². The van der Waals surface area contributed by atoms with Gasteiger partial charge in [-0.15, -0.1) is 0 Å². The Morgan fingerprint density at radius 1 is 1.12 bits per heavy atom. The highest BCUT2D eigenvalue weighted by Gasteiger charge is 2.14. The zero-order chi connectivity index (χ0) is 17.5. The molecular formula is C18H17F2NO3. The summed E-state index contributed by atoms with van der Waals surface area (Å²) in [5, 5.41) is 0. The molecule has 0 aliphatic carbocycles. The fourth-order valence-electron chi connectivity index (χ4n) is 2.09. The number of nitrogens with zero attached hydrogens (tertiary/aromatic N) is 1. The van der Waals surface area contributed by atoms with E-state index in [4.69, 9.17) is 4.74 Å². The molecule has 0 radical (unpaired) electrons. The number of anilines is 1. The van der Waals surface area contributed by atoms with Crippen molar-refractivity contribution in [1.82, 2.24) is 0 Å². The molecule has 0 spiro atoms. The number of methoxy groups -OCH3 is 1. The summed E-state index contributed by atoms with van der Waals surface area (Å²) in [6, 6.07) is 13.8. The van der Waals surface area contributed by atoms with Crippen molar-refractivity contribution in [3.8, 4) is 11.5 Å². The van der Waals surface area contributed by atoms with Gasteiger partial charge in [0.25, 0.3) is 5.91 Å². The predicted molar refractivity (Wildman–Crippen MR) is 88.5 cm³/mol. The zero-order valence-corrected chi connectivity index (χ0v) is 13.3. The van der Waals surface area contributed by atoms with Crippen LogP contribution in [0.3, 0.4) is 0 Å². The van der Waals surface area contributed by atoms with Crippen LogP contribution in [-0.4, -0.2) is 26.7 Å². The Balaban J connectivity index is 2.23. The molecule has 0 N–H and O–H groups in total. The number of benzene rings is 2. The summed E-state index contributed by atoms with van der Waals surface area (Å²) in [5.41, 5.74) is 1.05. The summed E-state index contributed by atoms with van der Waals surface area (Å²) in [5.74, 6) is -0.241. The molecule has 0 aliphatic rings. The summed E-state index contributed by atoms with van der Waals surface area (Å²) in [7, 11) is 2.99. The SMILES string of the molecule is COc1cccc(/C=C/C(=O)N(C)c2ccccc2)c1OC(F)F. The molecule has 0 heterocycles. The van der Waals surface area contributed by atoms with E-state index in [2.05, 4.69) is 4.74 Å². The Labute approximate surface area is 138 Å². The minimum Gasteiger partial charge on any atom is -0.493 e. The lowest BCUT2D eigenvalue weighted by atomic mass is 10.1. The number of alkyl halides is 2. The van der Waals surface area contributed by atoms with E-state index in [-0.39, 0.29) is 17.4 Å². The Bertz CT molecular complexity index is 717. The highest BCUT2D eigenvalue weighted by Crippen LogP contribution is 2.33. The fraction of sp³-hybridized carbons (Fsp3) is 0.167. The minimum absolute atomic E-state index is 0.110. The fourth-order valence-corrected chi connectivity index (χ4v) is 2.09. The van der Waals surface area contributed by atoms with Crippen molar-refractivity contribution in [2.45, 2.75) is 6.61 Å². The molecule has 0 atom stereocenters. The van der Waals surface area contributed by atoms with E-state index in [0.717, 1.165) is 5.69 Å². The van der Waals surface area contributed by atoms with Gasteiger partial charge in [-0.1, -0.05) is 30.3 Å². The van der Waals surface area contributed by atoms with Crippen LogP contribution >= 0.6 is 0 Å². The van der Waals surface area contributed by atoms with Crippen LogP contribution in [0.1, 0.15) is 5.56 Å². The predicted octanol–water partition coefficient (Wildman–Crippen LogP) is 3.97. The maximum atomic E-state index is 12.6.